The minimum absolute atomic E-state index is 0.443. The van der Waals surface area contributed by atoms with Crippen molar-refractivity contribution in [1.29, 1.82) is 0 Å². The van der Waals surface area contributed by atoms with Crippen molar-refractivity contribution >= 4 is 53.3 Å². The van der Waals surface area contributed by atoms with Gasteiger partial charge in [-0.3, -0.25) is 0 Å². The van der Waals surface area contributed by atoms with Crippen LogP contribution in [-0.2, 0) is 10.2 Å². The Kier molecular flexibility index (Phi) is 2.69. The van der Waals surface area contributed by atoms with Gasteiger partial charge in [-0.25, -0.2) is 0 Å². The highest BCUT2D eigenvalue weighted by atomic mass is 32.2. The van der Waals surface area contributed by atoms with Crippen LogP contribution in [0.15, 0.2) is 81.6 Å². The molecule has 0 aromatic heterocycles. The molecule has 5 aromatic rings. The highest BCUT2D eigenvalue weighted by molar-refractivity contribution is 7.88. The van der Waals surface area contributed by atoms with Crippen molar-refractivity contribution in [3.63, 3.8) is 0 Å². The summed E-state index contributed by atoms with van der Waals surface area (Å²) in [5.41, 5.74) is 0. The van der Waals surface area contributed by atoms with E-state index in [9.17, 15) is 8.42 Å². The van der Waals surface area contributed by atoms with Crippen molar-refractivity contribution < 1.29 is 8.42 Å². The van der Waals surface area contributed by atoms with Crippen LogP contribution in [0.5, 0.6) is 0 Å². The summed E-state index contributed by atoms with van der Waals surface area (Å²) in [6.45, 7) is 0. The van der Waals surface area contributed by atoms with Crippen LogP contribution in [0.4, 0.5) is 0 Å². The fraction of sp³-hybridized carbons (Fsp3) is 0. The molecule has 0 saturated carbocycles. The zero-order valence-electron chi connectivity index (χ0n) is 14.0. The molecule has 1 heterocycles. The van der Waals surface area contributed by atoms with Crippen LogP contribution in [-0.4, -0.2) is 8.42 Å². The maximum atomic E-state index is 12.2. The second kappa shape index (κ2) is 4.90. The van der Waals surface area contributed by atoms with Crippen molar-refractivity contribution in [2.24, 2.45) is 8.80 Å². The lowest BCUT2D eigenvalue weighted by atomic mass is 9.92. The van der Waals surface area contributed by atoms with Crippen LogP contribution in [0.2, 0.25) is 0 Å². The topological polar surface area (TPSA) is 58.9 Å². The Hall–Kier alpha value is -3.31. The first-order chi connectivity index (χ1) is 13.1. The molecule has 0 unspecified atom stereocenters. The highest BCUT2D eigenvalue weighted by Crippen LogP contribution is 2.34. The van der Waals surface area contributed by atoms with Gasteiger partial charge in [0.1, 0.15) is 10.7 Å². The quantitative estimate of drug-likeness (QED) is 0.390. The molecule has 1 aliphatic heterocycles. The van der Waals surface area contributed by atoms with E-state index >= 15 is 0 Å². The minimum atomic E-state index is -3.84. The van der Waals surface area contributed by atoms with Gasteiger partial charge in [0.15, 0.2) is 0 Å². The van der Waals surface area contributed by atoms with Crippen molar-refractivity contribution in [2.75, 3.05) is 0 Å². The first-order valence-electron chi connectivity index (χ1n) is 8.62. The summed E-state index contributed by atoms with van der Waals surface area (Å²) in [5, 5.41) is 8.95. The van der Waals surface area contributed by atoms with Gasteiger partial charge in [-0.2, -0.15) is 8.42 Å². The van der Waals surface area contributed by atoms with E-state index in [1.54, 1.807) is 0 Å². The highest BCUT2D eigenvalue weighted by Gasteiger charge is 2.20. The fourth-order valence-corrected chi connectivity index (χ4v) is 5.04. The summed E-state index contributed by atoms with van der Waals surface area (Å²) in [6.07, 6.45) is 0. The molecule has 128 valence electrons. The molecule has 0 radical (unpaired) electrons. The third-order valence-electron chi connectivity index (χ3n) is 5.26. The van der Waals surface area contributed by atoms with E-state index in [2.05, 4.69) is 33.1 Å². The first kappa shape index (κ1) is 14.8. The van der Waals surface area contributed by atoms with Gasteiger partial charge in [0.25, 0.3) is 0 Å². The maximum Gasteiger partial charge on any atom is 0.364 e. The molecule has 0 atom stereocenters. The summed E-state index contributed by atoms with van der Waals surface area (Å²) in [4.78, 5) is 0. The van der Waals surface area contributed by atoms with Crippen LogP contribution in [0, 0.1) is 0 Å². The van der Waals surface area contributed by atoms with Crippen molar-refractivity contribution in [1.82, 2.24) is 0 Å². The number of fused-ring (bicyclic) bond motifs is 10. The molecule has 0 saturated heterocycles. The molecule has 4 nitrogen and oxygen atoms in total. The van der Waals surface area contributed by atoms with E-state index in [4.69, 9.17) is 0 Å². The number of hydrogen-bond donors (Lipinski definition) is 0. The van der Waals surface area contributed by atoms with Gasteiger partial charge in [0.05, 0.1) is 0 Å². The predicted octanol–water partition coefficient (Wildman–Crippen LogP) is 3.80. The molecule has 0 fully saturated rings. The first-order valence-corrected chi connectivity index (χ1v) is 10.0. The Morgan fingerprint density at radius 2 is 0.963 bits per heavy atom. The molecule has 27 heavy (non-hydrogen) atoms. The third kappa shape index (κ3) is 1.94. The molecular weight excluding hydrogens is 356 g/mol. The fourth-order valence-electron chi connectivity index (χ4n) is 4.17. The van der Waals surface area contributed by atoms with Gasteiger partial charge in [-0.1, -0.05) is 72.8 Å². The Balaban J connectivity index is 2.11. The molecule has 5 aromatic carbocycles. The molecule has 0 N–H and O–H groups in total. The molecule has 5 heteroatoms. The zero-order chi connectivity index (χ0) is 18.2. The van der Waals surface area contributed by atoms with E-state index in [1.165, 1.54) is 0 Å². The molecule has 0 aliphatic carbocycles. The summed E-state index contributed by atoms with van der Waals surface area (Å²) in [7, 11) is -3.84. The number of hydrogen-bond acceptors (Lipinski definition) is 2. The Morgan fingerprint density at radius 3 is 1.44 bits per heavy atom. The van der Waals surface area contributed by atoms with Crippen LogP contribution in [0.25, 0.3) is 43.1 Å². The summed E-state index contributed by atoms with van der Waals surface area (Å²) in [6, 6.07) is 24.2. The number of nitrogens with zero attached hydrogens (tertiary/aromatic N) is 2. The van der Waals surface area contributed by atoms with Crippen molar-refractivity contribution in [3.8, 4) is 0 Å². The monoisotopic (exact) mass is 368 g/mol. The average molecular weight is 368 g/mol. The number of rotatable bonds is 0. The maximum absolute atomic E-state index is 12.2. The summed E-state index contributed by atoms with van der Waals surface area (Å²) >= 11 is 0. The van der Waals surface area contributed by atoms with Crippen LogP contribution < -0.4 is 10.7 Å². The van der Waals surface area contributed by atoms with Gasteiger partial charge in [-0.15, -0.1) is 8.80 Å². The normalized spacial score (nSPS) is 15.1. The van der Waals surface area contributed by atoms with Gasteiger partial charge >= 0.3 is 10.2 Å². The van der Waals surface area contributed by atoms with Crippen LogP contribution >= 0.6 is 0 Å². The Bertz CT molecular complexity index is 1570. The van der Waals surface area contributed by atoms with Crippen molar-refractivity contribution in [3.05, 3.63) is 83.5 Å². The number of benzene rings is 5. The van der Waals surface area contributed by atoms with Gasteiger partial charge in [0, 0.05) is 21.5 Å². The minimum Gasteiger partial charge on any atom is -0.179 e. The predicted molar refractivity (Wildman–Crippen MR) is 108 cm³/mol. The zero-order valence-corrected chi connectivity index (χ0v) is 14.9. The summed E-state index contributed by atoms with van der Waals surface area (Å²) < 4.78 is 32.2. The van der Waals surface area contributed by atoms with Gasteiger partial charge in [0.2, 0.25) is 0 Å². The SMILES string of the molecule is O=S1(=O)N=c2c(c3ccc4ccccc4c3c3c2ccc2ccccc23)=N1. The molecule has 0 amide bonds. The lowest BCUT2D eigenvalue weighted by Crippen LogP contribution is -2.23. The lowest BCUT2D eigenvalue weighted by molar-refractivity contribution is 0.599. The molecule has 0 spiro atoms. The third-order valence-corrected chi connectivity index (χ3v) is 6.08. The molecular formula is C22H12N2O2S. The van der Waals surface area contributed by atoms with Crippen molar-refractivity contribution in [2.45, 2.75) is 0 Å². The molecule has 6 rings (SSSR count). The Labute approximate surface area is 154 Å². The van der Waals surface area contributed by atoms with Crippen LogP contribution in [0.1, 0.15) is 0 Å². The van der Waals surface area contributed by atoms with E-state index < -0.39 is 10.2 Å². The smallest absolute Gasteiger partial charge is 0.179 e. The van der Waals surface area contributed by atoms with E-state index in [0.717, 1.165) is 43.1 Å². The summed E-state index contributed by atoms with van der Waals surface area (Å²) in [5.74, 6) is 0. The average Bonchev–Trinajstić information content (AvgIpc) is 3.02. The second-order valence-corrected chi connectivity index (χ2v) is 8.01. The van der Waals surface area contributed by atoms with E-state index in [1.807, 2.05) is 48.5 Å². The van der Waals surface area contributed by atoms with Crippen LogP contribution in [0.3, 0.4) is 0 Å². The van der Waals surface area contributed by atoms with Gasteiger partial charge < -0.3 is 0 Å². The molecule has 1 aliphatic rings. The molecule has 0 bridgehead atoms. The Morgan fingerprint density at radius 1 is 0.519 bits per heavy atom. The lowest BCUT2D eigenvalue weighted by Gasteiger charge is -2.11. The second-order valence-electron chi connectivity index (χ2n) is 6.75. The largest absolute Gasteiger partial charge is 0.364 e. The standard InChI is InChI=1S/C22H12N2O2S/c25-27(26)23-21-17-11-9-13-5-1-3-7-15(13)19(17)20-16-8-4-2-6-14(16)10-12-18(20)22(21)24-27/h1-12H. The van der Waals surface area contributed by atoms with E-state index in [0.29, 0.717) is 10.7 Å². The van der Waals surface area contributed by atoms with E-state index in [-0.39, 0.29) is 0 Å². The van der Waals surface area contributed by atoms with Gasteiger partial charge in [-0.05, 0) is 21.5 Å².